The van der Waals surface area contributed by atoms with Gasteiger partial charge in [0.15, 0.2) is 11.5 Å². The van der Waals surface area contributed by atoms with Crippen molar-refractivity contribution in [3.8, 4) is 11.4 Å². The molecule has 0 N–H and O–H groups in total. The molecule has 0 aliphatic heterocycles. The highest BCUT2D eigenvalue weighted by Gasteiger charge is 2.19. The second kappa shape index (κ2) is 7.97. The van der Waals surface area contributed by atoms with Crippen molar-refractivity contribution < 1.29 is 9.53 Å². The van der Waals surface area contributed by atoms with E-state index in [9.17, 15) is 14.4 Å². The van der Waals surface area contributed by atoms with Crippen LogP contribution in [0.5, 0.6) is 0 Å². The van der Waals surface area contributed by atoms with E-state index in [0.29, 0.717) is 10.9 Å². The highest BCUT2D eigenvalue weighted by atomic mass is 32.2. The summed E-state index contributed by atoms with van der Waals surface area (Å²) in [6, 6.07) is 7.60. The second-order valence-electron chi connectivity index (χ2n) is 6.22. The number of fused-ring (bicyclic) bond motifs is 1. The molecular weight excluding hydrogens is 380 g/mol. The molecule has 0 spiro atoms. The van der Waals surface area contributed by atoms with E-state index < -0.39 is 17.2 Å². The highest BCUT2D eigenvalue weighted by molar-refractivity contribution is 8.00. The topological polar surface area (TPSA) is 96.1 Å². The van der Waals surface area contributed by atoms with E-state index in [1.165, 1.54) is 11.6 Å². The molecule has 9 heteroatoms. The Bertz CT molecular complexity index is 1180. The summed E-state index contributed by atoms with van der Waals surface area (Å²) < 4.78 is 7.28. The fraction of sp³-hybridized carbons (Fsp3) is 0.316. The lowest BCUT2D eigenvalue weighted by Crippen LogP contribution is -2.37. The van der Waals surface area contributed by atoms with Crippen LogP contribution in [0.1, 0.15) is 12.5 Å². The van der Waals surface area contributed by atoms with Crippen LogP contribution in [0, 0.1) is 6.92 Å². The van der Waals surface area contributed by atoms with Crippen LogP contribution in [0.15, 0.2) is 38.9 Å². The Morgan fingerprint density at radius 1 is 1.18 bits per heavy atom. The first-order valence-electron chi connectivity index (χ1n) is 8.66. The molecule has 0 atom stereocenters. The SMILES string of the molecule is CCOC(=O)CSc1nc(-c2cccc(C)c2)nc2c1c(=O)n(C)c(=O)n2C. The number of rotatable bonds is 5. The largest absolute Gasteiger partial charge is 0.465 e. The van der Waals surface area contributed by atoms with Gasteiger partial charge in [-0.2, -0.15) is 0 Å². The molecule has 0 fully saturated rings. The van der Waals surface area contributed by atoms with Gasteiger partial charge in [0.05, 0.1) is 12.4 Å². The number of carbonyl (C=O) groups excluding carboxylic acids is 1. The Morgan fingerprint density at radius 2 is 1.93 bits per heavy atom. The maximum absolute atomic E-state index is 12.7. The number of carbonyl (C=O) groups is 1. The zero-order valence-electron chi connectivity index (χ0n) is 16.1. The monoisotopic (exact) mass is 400 g/mol. The summed E-state index contributed by atoms with van der Waals surface area (Å²) in [6.07, 6.45) is 0. The summed E-state index contributed by atoms with van der Waals surface area (Å²) in [5.74, 6) is -0.0250. The third-order valence-electron chi connectivity index (χ3n) is 4.18. The predicted octanol–water partition coefficient (Wildman–Crippen LogP) is 1.66. The maximum atomic E-state index is 12.7. The minimum atomic E-state index is -0.500. The quantitative estimate of drug-likeness (QED) is 0.365. The molecular formula is C19H20N4O4S. The molecule has 0 saturated heterocycles. The number of benzene rings is 1. The average Bonchev–Trinajstić information content (AvgIpc) is 2.68. The van der Waals surface area contributed by atoms with E-state index in [0.717, 1.165) is 27.5 Å². The summed E-state index contributed by atoms with van der Waals surface area (Å²) in [5, 5.41) is 0.543. The normalized spacial score (nSPS) is 11.0. The van der Waals surface area contributed by atoms with Gasteiger partial charge >= 0.3 is 11.7 Å². The van der Waals surface area contributed by atoms with E-state index in [2.05, 4.69) is 9.97 Å². The van der Waals surface area contributed by atoms with E-state index in [-0.39, 0.29) is 23.4 Å². The van der Waals surface area contributed by atoms with E-state index >= 15 is 0 Å². The molecule has 0 unspecified atom stereocenters. The summed E-state index contributed by atoms with van der Waals surface area (Å²) in [6.45, 7) is 3.95. The van der Waals surface area contributed by atoms with Crippen LogP contribution in [0.4, 0.5) is 0 Å². The van der Waals surface area contributed by atoms with Crippen molar-refractivity contribution in [3.63, 3.8) is 0 Å². The Hall–Kier alpha value is -2.94. The Labute approximate surface area is 165 Å². The smallest absolute Gasteiger partial charge is 0.332 e. The molecule has 1 aromatic carbocycles. The standard InChI is InChI=1S/C19H20N4O4S/c1-5-27-13(24)10-28-17-14-16(22(3)19(26)23(4)18(14)25)20-15(21-17)12-8-6-7-11(2)9-12/h6-9H,5,10H2,1-4H3. The zero-order chi connectivity index (χ0) is 20.4. The van der Waals surface area contributed by atoms with Crippen LogP contribution in [0.2, 0.25) is 0 Å². The van der Waals surface area contributed by atoms with Crippen LogP contribution < -0.4 is 11.2 Å². The molecule has 8 nitrogen and oxygen atoms in total. The maximum Gasteiger partial charge on any atom is 0.332 e. The summed E-state index contributed by atoms with van der Waals surface area (Å²) in [5.41, 5.74) is 1.03. The lowest BCUT2D eigenvalue weighted by molar-refractivity contribution is -0.139. The Morgan fingerprint density at radius 3 is 2.61 bits per heavy atom. The van der Waals surface area contributed by atoms with Crippen LogP contribution in [-0.4, -0.2) is 37.4 Å². The van der Waals surface area contributed by atoms with Gasteiger partial charge in [0.1, 0.15) is 10.4 Å². The van der Waals surface area contributed by atoms with Crippen molar-refractivity contribution >= 4 is 28.8 Å². The van der Waals surface area contributed by atoms with Crippen LogP contribution in [0.3, 0.4) is 0 Å². The summed E-state index contributed by atoms with van der Waals surface area (Å²) in [4.78, 5) is 45.9. The third kappa shape index (κ3) is 3.70. The van der Waals surface area contributed by atoms with Gasteiger partial charge < -0.3 is 4.74 Å². The molecule has 0 aliphatic rings. The molecule has 0 amide bonds. The fourth-order valence-electron chi connectivity index (χ4n) is 2.78. The molecule has 3 rings (SSSR count). The third-order valence-corrected chi connectivity index (χ3v) is 5.12. The van der Waals surface area contributed by atoms with Gasteiger partial charge in [-0.1, -0.05) is 35.5 Å². The second-order valence-corrected chi connectivity index (χ2v) is 7.18. The number of hydrogen-bond donors (Lipinski definition) is 0. The number of aryl methyl sites for hydroxylation is 2. The number of hydrogen-bond acceptors (Lipinski definition) is 7. The van der Waals surface area contributed by atoms with Gasteiger partial charge in [0.25, 0.3) is 5.56 Å². The summed E-state index contributed by atoms with van der Waals surface area (Å²) >= 11 is 1.09. The lowest BCUT2D eigenvalue weighted by Gasteiger charge is -2.12. The van der Waals surface area contributed by atoms with E-state index in [1.807, 2.05) is 31.2 Å². The van der Waals surface area contributed by atoms with Crippen molar-refractivity contribution in [2.24, 2.45) is 14.1 Å². The van der Waals surface area contributed by atoms with Gasteiger partial charge in [-0.05, 0) is 19.9 Å². The van der Waals surface area contributed by atoms with E-state index in [1.54, 1.807) is 14.0 Å². The van der Waals surface area contributed by atoms with Crippen molar-refractivity contribution in [2.45, 2.75) is 18.9 Å². The van der Waals surface area contributed by atoms with Gasteiger partial charge in [0.2, 0.25) is 0 Å². The molecule has 0 radical (unpaired) electrons. The van der Waals surface area contributed by atoms with Gasteiger partial charge in [-0.25, -0.2) is 14.8 Å². The molecule has 28 heavy (non-hydrogen) atoms. The van der Waals surface area contributed by atoms with Crippen molar-refractivity contribution in [3.05, 3.63) is 50.7 Å². The van der Waals surface area contributed by atoms with Crippen LogP contribution >= 0.6 is 11.8 Å². The van der Waals surface area contributed by atoms with Crippen LogP contribution in [-0.2, 0) is 23.6 Å². The van der Waals surface area contributed by atoms with E-state index in [4.69, 9.17) is 4.74 Å². The van der Waals surface area contributed by atoms with Gasteiger partial charge in [-0.15, -0.1) is 0 Å². The Kier molecular flexibility index (Phi) is 5.64. The average molecular weight is 400 g/mol. The highest BCUT2D eigenvalue weighted by Crippen LogP contribution is 2.26. The molecule has 2 heterocycles. The molecule has 146 valence electrons. The molecule has 0 aliphatic carbocycles. The fourth-order valence-corrected chi connectivity index (χ4v) is 3.59. The van der Waals surface area contributed by atoms with Crippen molar-refractivity contribution in [1.29, 1.82) is 0 Å². The zero-order valence-corrected chi connectivity index (χ0v) is 16.9. The predicted molar refractivity (Wildman–Crippen MR) is 108 cm³/mol. The molecule has 0 saturated carbocycles. The lowest BCUT2D eigenvalue weighted by atomic mass is 10.1. The van der Waals surface area contributed by atoms with Crippen molar-refractivity contribution in [1.82, 2.24) is 19.1 Å². The van der Waals surface area contributed by atoms with Gasteiger partial charge in [0, 0.05) is 19.7 Å². The first kappa shape index (κ1) is 19.8. The first-order chi connectivity index (χ1) is 13.3. The number of esters is 1. The minimum Gasteiger partial charge on any atom is -0.465 e. The van der Waals surface area contributed by atoms with Gasteiger partial charge in [-0.3, -0.25) is 18.7 Å². The number of ether oxygens (including phenoxy) is 1. The first-order valence-corrected chi connectivity index (χ1v) is 9.65. The number of aromatic nitrogens is 4. The molecule has 3 aromatic rings. The molecule has 2 aromatic heterocycles. The van der Waals surface area contributed by atoms with Crippen molar-refractivity contribution in [2.75, 3.05) is 12.4 Å². The number of thioether (sulfide) groups is 1. The summed E-state index contributed by atoms with van der Waals surface area (Å²) in [7, 11) is 2.95. The molecule has 0 bridgehead atoms. The number of nitrogens with zero attached hydrogens (tertiary/aromatic N) is 4. The van der Waals surface area contributed by atoms with Crippen LogP contribution in [0.25, 0.3) is 22.4 Å². The Balaban J connectivity index is 2.26. The minimum absolute atomic E-state index is 0.000788.